The van der Waals surface area contributed by atoms with Gasteiger partial charge in [0, 0.05) is 18.5 Å². The Hall–Kier alpha value is -3.04. The normalized spacial score (nSPS) is 15.0. The Balaban J connectivity index is 1.57. The third-order valence-electron chi connectivity index (χ3n) is 5.14. The fourth-order valence-corrected chi connectivity index (χ4v) is 3.72. The smallest absolute Gasteiger partial charge is 0.245 e. The molecule has 1 fully saturated rings. The summed E-state index contributed by atoms with van der Waals surface area (Å²) in [5.41, 5.74) is 2.26. The summed E-state index contributed by atoms with van der Waals surface area (Å²) in [5, 5.41) is 16.5. The number of sulfonamides is 1. The van der Waals surface area contributed by atoms with E-state index in [0.717, 1.165) is 18.4 Å². The van der Waals surface area contributed by atoms with Crippen molar-refractivity contribution in [3.8, 4) is 11.3 Å². The second-order valence-electron chi connectivity index (χ2n) is 7.55. The zero-order valence-corrected chi connectivity index (χ0v) is 17.1. The first kappa shape index (κ1) is 20.2. The molecule has 1 heterocycles. The molecule has 30 heavy (non-hydrogen) atoms. The van der Waals surface area contributed by atoms with Crippen LogP contribution in [0.4, 0.5) is 0 Å². The van der Waals surface area contributed by atoms with Crippen LogP contribution in [0.5, 0.6) is 0 Å². The molecular formula is C21H23N5O3S. The van der Waals surface area contributed by atoms with Crippen molar-refractivity contribution < 1.29 is 13.2 Å². The first-order chi connectivity index (χ1) is 14.4. The summed E-state index contributed by atoms with van der Waals surface area (Å²) in [4.78, 5) is 12.9. The van der Waals surface area contributed by atoms with E-state index in [1.807, 2.05) is 30.3 Å². The lowest BCUT2D eigenvalue weighted by atomic mass is 10.1. The van der Waals surface area contributed by atoms with Crippen LogP contribution in [0, 0.1) is 5.92 Å². The Morgan fingerprint density at radius 3 is 2.47 bits per heavy atom. The van der Waals surface area contributed by atoms with E-state index in [2.05, 4.69) is 15.6 Å². The molecule has 1 aliphatic rings. The largest absolute Gasteiger partial charge is 0.354 e. The molecule has 156 valence electrons. The van der Waals surface area contributed by atoms with Crippen molar-refractivity contribution in [1.82, 2.24) is 20.3 Å². The molecule has 0 unspecified atom stereocenters. The van der Waals surface area contributed by atoms with Gasteiger partial charge in [0.25, 0.3) is 0 Å². The quantitative estimate of drug-likeness (QED) is 0.571. The number of primary sulfonamides is 1. The van der Waals surface area contributed by atoms with Gasteiger partial charge in [-0.3, -0.25) is 4.79 Å². The van der Waals surface area contributed by atoms with E-state index < -0.39 is 16.1 Å². The molecule has 0 saturated heterocycles. The fourth-order valence-electron chi connectivity index (χ4n) is 3.21. The zero-order chi connectivity index (χ0) is 21.1. The summed E-state index contributed by atoms with van der Waals surface area (Å²) in [7, 11) is -3.76. The minimum atomic E-state index is -3.76. The van der Waals surface area contributed by atoms with Crippen LogP contribution in [0.3, 0.4) is 0 Å². The molecule has 0 radical (unpaired) electrons. The number of carbonyl (C=O) groups is 1. The van der Waals surface area contributed by atoms with Crippen LogP contribution < -0.4 is 10.5 Å². The molecule has 8 nitrogen and oxygen atoms in total. The Labute approximate surface area is 175 Å². The van der Waals surface area contributed by atoms with Gasteiger partial charge in [0.05, 0.1) is 11.1 Å². The van der Waals surface area contributed by atoms with Gasteiger partial charge in [-0.1, -0.05) is 47.7 Å². The Morgan fingerprint density at radius 2 is 1.83 bits per heavy atom. The van der Waals surface area contributed by atoms with E-state index in [-0.39, 0.29) is 10.8 Å². The fraction of sp³-hybridized carbons (Fsp3) is 0.286. The van der Waals surface area contributed by atoms with E-state index in [4.69, 9.17) is 5.14 Å². The number of nitrogens with two attached hydrogens (primary N) is 1. The molecule has 0 bridgehead atoms. The van der Waals surface area contributed by atoms with E-state index in [0.29, 0.717) is 30.1 Å². The Kier molecular flexibility index (Phi) is 5.65. The standard InChI is InChI=1S/C21H23N5O3S/c22-30(28,29)18-10-8-17(9-11-18)19-14-26(25-24-19)20(12-15-4-2-1-3-5-15)21(27)23-13-16-6-7-16/h1-5,8-11,14,16,20H,6-7,12-13H2,(H,23,27)(H2,22,28,29)/t20-/m0/s1. The number of nitrogens with zero attached hydrogens (tertiary/aromatic N) is 3. The van der Waals surface area contributed by atoms with E-state index in [9.17, 15) is 13.2 Å². The number of nitrogens with one attached hydrogen (secondary N) is 1. The second kappa shape index (κ2) is 8.37. The summed E-state index contributed by atoms with van der Waals surface area (Å²) in [5.74, 6) is 0.488. The van der Waals surface area contributed by atoms with Gasteiger partial charge in [-0.15, -0.1) is 5.10 Å². The highest BCUT2D eigenvalue weighted by molar-refractivity contribution is 7.89. The molecule has 4 rings (SSSR count). The van der Waals surface area contributed by atoms with E-state index >= 15 is 0 Å². The van der Waals surface area contributed by atoms with Gasteiger partial charge in [0.15, 0.2) is 0 Å². The van der Waals surface area contributed by atoms with Gasteiger partial charge < -0.3 is 5.32 Å². The number of rotatable bonds is 8. The highest BCUT2D eigenvalue weighted by Gasteiger charge is 2.26. The molecule has 2 aromatic carbocycles. The minimum Gasteiger partial charge on any atom is -0.354 e. The van der Waals surface area contributed by atoms with Gasteiger partial charge in [0.1, 0.15) is 11.7 Å². The number of amides is 1. The van der Waals surface area contributed by atoms with Gasteiger partial charge in [-0.25, -0.2) is 18.2 Å². The van der Waals surface area contributed by atoms with Crippen LogP contribution in [-0.2, 0) is 21.2 Å². The predicted molar refractivity (Wildman–Crippen MR) is 112 cm³/mol. The van der Waals surface area contributed by atoms with Crippen LogP contribution in [0.1, 0.15) is 24.4 Å². The Bertz CT molecular complexity index is 1120. The van der Waals surface area contributed by atoms with Crippen molar-refractivity contribution in [2.45, 2.75) is 30.2 Å². The van der Waals surface area contributed by atoms with E-state index in [1.165, 1.54) is 12.1 Å². The first-order valence-corrected chi connectivity index (χ1v) is 11.3. The lowest BCUT2D eigenvalue weighted by Gasteiger charge is -2.17. The number of aromatic nitrogens is 3. The second-order valence-corrected chi connectivity index (χ2v) is 9.11. The first-order valence-electron chi connectivity index (χ1n) is 9.77. The Morgan fingerprint density at radius 1 is 1.13 bits per heavy atom. The minimum absolute atomic E-state index is 0.0278. The molecule has 0 aliphatic heterocycles. The average molecular weight is 426 g/mol. The van der Waals surface area contributed by atoms with Gasteiger partial charge in [-0.2, -0.15) is 0 Å². The number of carbonyl (C=O) groups excluding carboxylic acids is 1. The monoisotopic (exact) mass is 425 g/mol. The average Bonchev–Trinajstić information content (AvgIpc) is 3.45. The maximum absolute atomic E-state index is 12.9. The molecule has 3 N–H and O–H groups in total. The van der Waals surface area contributed by atoms with Gasteiger partial charge >= 0.3 is 0 Å². The molecule has 0 spiro atoms. The van der Waals surface area contributed by atoms with Gasteiger partial charge in [-0.05, 0) is 36.5 Å². The maximum atomic E-state index is 12.9. The molecule has 9 heteroatoms. The van der Waals surface area contributed by atoms with Crippen molar-refractivity contribution in [2.75, 3.05) is 6.54 Å². The third kappa shape index (κ3) is 4.92. The summed E-state index contributed by atoms with van der Waals surface area (Å²) in [6.45, 7) is 0.681. The lowest BCUT2D eigenvalue weighted by molar-refractivity contribution is -0.124. The van der Waals surface area contributed by atoms with Crippen LogP contribution in [-0.4, -0.2) is 35.9 Å². The van der Waals surface area contributed by atoms with Crippen LogP contribution in [0.2, 0.25) is 0 Å². The molecule has 1 atom stereocenters. The van der Waals surface area contributed by atoms with Crippen molar-refractivity contribution in [3.63, 3.8) is 0 Å². The molecule has 3 aromatic rings. The summed E-state index contributed by atoms with van der Waals surface area (Å²) in [6, 6.07) is 15.3. The van der Waals surface area contributed by atoms with Crippen molar-refractivity contribution in [2.24, 2.45) is 11.1 Å². The topological polar surface area (TPSA) is 120 Å². The van der Waals surface area contributed by atoms with Crippen LogP contribution in [0.25, 0.3) is 11.3 Å². The van der Waals surface area contributed by atoms with Crippen molar-refractivity contribution in [1.29, 1.82) is 0 Å². The number of hydrogen-bond acceptors (Lipinski definition) is 5. The predicted octanol–water partition coefficient (Wildman–Crippen LogP) is 1.90. The van der Waals surface area contributed by atoms with Crippen molar-refractivity contribution in [3.05, 3.63) is 66.4 Å². The molecule has 1 aliphatic carbocycles. The molecular weight excluding hydrogens is 402 g/mol. The molecule has 1 saturated carbocycles. The summed E-state index contributed by atoms with van der Waals surface area (Å²) < 4.78 is 24.4. The van der Waals surface area contributed by atoms with Crippen LogP contribution in [0.15, 0.2) is 65.7 Å². The number of hydrogen-bond donors (Lipinski definition) is 2. The van der Waals surface area contributed by atoms with Crippen LogP contribution >= 0.6 is 0 Å². The SMILES string of the molecule is NS(=O)(=O)c1ccc(-c2cn([C@@H](Cc3ccccc3)C(=O)NCC3CC3)nn2)cc1. The zero-order valence-electron chi connectivity index (χ0n) is 16.3. The molecule has 1 aromatic heterocycles. The van der Waals surface area contributed by atoms with E-state index in [1.54, 1.807) is 23.0 Å². The highest BCUT2D eigenvalue weighted by Crippen LogP contribution is 2.28. The number of benzene rings is 2. The molecule has 1 amide bonds. The lowest BCUT2D eigenvalue weighted by Crippen LogP contribution is -2.35. The highest BCUT2D eigenvalue weighted by atomic mass is 32.2. The van der Waals surface area contributed by atoms with Gasteiger partial charge in [0.2, 0.25) is 15.9 Å². The summed E-state index contributed by atoms with van der Waals surface area (Å²) >= 11 is 0. The van der Waals surface area contributed by atoms with Crippen molar-refractivity contribution >= 4 is 15.9 Å². The summed E-state index contributed by atoms with van der Waals surface area (Å²) in [6.07, 6.45) is 4.51. The maximum Gasteiger partial charge on any atom is 0.245 e. The third-order valence-corrected chi connectivity index (χ3v) is 6.07.